The van der Waals surface area contributed by atoms with Crippen molar-refractivity contribution < 1.29 is 19.1 Å². The summed E-state index contributed by atoms with van der Waals surface area (Å²) in [6.45, 7) is -0.0237. The first-order valence-corrected chi connectivity index (χ1v) is 11.3. The maximum atomic E-state index is 13.5. The van der Waals surface area contributed by atoms with Gasteiger partial charge in [-0.05, 0) is 61.6 Å². The minimum absolute atomic E-state index is 0.0237. The zero-order chi connectivity index (χ0) is 22.2. The van der Waals surface area contributed by atoms with E-state index in [9.17, 15) is 14.4 Å². The highest BCUT2D eigenvalue weighted by Crippen LogP contribution is 2.41. The van der Waals surface area contributed by atoms with Crippen LogP contribution in [0.4, 0.5) is 11.4 Å². The van der Waals surface area contributed by atoms with Crippen molar-refractivity contribution in [3.05, 3.63) is 53.1 Å². The molecule has 3 amide bonds. The molecular weight excluding hydrogens is 430 g/mol. The molecular formula is C24H24ClN3O4. The van der Waals surface area contributed by atoms with Gasteiger partial charge in [0, 0.05) is 22.3 Å². The van der Waals surface area contributed by atoms with Crippen LogP contribution in [0.3, 0.4) is 0 Å². The van der Waals surface area contributed by atoms with Crippen LogP contribution in [-0.2, 0) is 9.59 Å². The van der Waals surface area contributed by atoms with Gasteiger partial charge in [-0.25, -0.2) is 0 Å². The Kier molecular flexibility index (Phi) is 5.51. The number of anilines is 2. The third kappa shape index (κ3) is 3.93. The van der Waals surface area contributed by atoms with Crippen LogP contribution in [0.1, 0.15) is 42.5 Å². The van der Waals surface area contributed by atoms with Gasteiger partial charge in [0.05, 0.1) is 5.69 Å². The Morgan fingerprint density at radius 1 is 1.12 bits per heavy atom. The van der Waals surface area contributed by atoms with Crippen molar-refractivity contribution in [1.82, 2.24) is 4.90 Å². The van der Waals surface area contributed by atoms with Gasteiger partial charge in [0.2, 0.25) is 5.91 Å². The number of rotatable bonds is 3. The molecule has 2 aliphatic heterocycles. The lowest BCUT2D eigenvalue weighted by Gasteiger charge is -2.33. The topological polar surface area (TPSA) is 87.7 Å². The van der Waals surface area contributed by atoms with E-state index in [0.29, 0.717) is 40.0 Å². The van der Waals surface area contributed by atoms with Crippen LogP contribution in [0.25, 0.3) is 0 Å². The third-order valence-electron chi connectivity index (χ3n) is 6.58. The van der Waals surface area contributed by atoms with Crippen LogP contribution in [0, 0.1) is 5.92 Å². The third-order valence-corrected chi connectivity index (χ3v) is 6.81. The summed E-state index contributed by atoms with van der Waals surface area (Å²) in [7, 11) is 0. The number of likely N-dealkylation sites (tertiary alicyclic amines) is 1. The minimum Gasteiger partial charge on any atom is -0.482 e. The Hall–Kier alpha value is -3.06. The molecule has 2 aromatic carbocycles. The van der Waals surface area contributed by atoms with Crippen molar-refractivity contribution in [1.29, 1.82) is 0 Å². The van der Waals surface area contributed by atoms with Crippen molar-refractivity contribution in [2.24, 2.45) is 5.92 Å². The molecule has 3 unspecified atom stereocenters. The maximum absolute atomic E-state index is 13.5. The van der Waals surface area contributed by atoms with Crippen LogP contribution >= 0.6 is 11.6 Å². The molecule has 0 bridgehead atoms. The Labute approximate surface area is 191 Å². The van der Waals surface area contributed by atoms with E-state index >= 15 is 0 Å². The van der Waals surface area contributed by atoms with Gasteiger partial charge < -0.3 is 20.3 Å². The van der Waals surface area contributed by atoms with Crippen LogP contribution in [0.15, 0.2) is 42.5 Å². The van der Waals surface area contributed by atoms with E-state index in [1.807, 2.05) is 0 Å². The molecule has 32 heavy (non-hydrogen) atoms. The number of nitrogens with one attached hydrogen (secondary N) is 2. The van der Waals surface area contributed by atoms with Gasteiger partial charge in [0.25, 0.3) is 11.8 Å². The van der Waals surface area contributed by atoms with Crippen molar-refractivity contribution in [2.75, 3.05) is 17.2 Å². The first kappa shape index (κ1) is 20.8. The lowest BCUT2D eigenvalue weighted by Crippen LogP contribution is -2.47. The fourth-order valence-corrected chi connectivity index (χ4v) is 5.33. The predicted molar refractivity (Wildman–Crippen MR) is 121 cm³/mol. The van der Waals surface area contributed by atoms with Gasteiger partial charge in [0.15, 0.2) is 6.61 Å². The molecule has 2 heterocycles. The molecule has 2 aromatic rings. The number of ether oxygens (including phenoxy) is 1. The Bertz CT molecular complexity index is 1090. The lowest BCUT2D eigenvalue weighted by molar-refractivity contribution is -0.120. The normalized spacial score (nSPS) is 24.1. The van der Waals surface area contributed by atoms with Gasteiger partial charge in [-0.1, -0.05) is 30.5 Å². The Morgan fingerprint density at radius 3 is 2.81 bits per heavy atom. The second kappa shape index (κ2) is 8.47. The zero-order valence-corrected chi connectivity index (χ0v) is 18.2. The molecule has 0 aromatic heterocycles. The number of fused-ring (bicyclic) bond motifs is 2. The average Bonchev–Trinajstić information content (AvgIpc) is 3.18. The average molecular weight is 454 g/mol. The first-order valence-electron chi connectivity index (χ1n) is 11.0. The van der Waals surface area contributed by atoms with E-state index in [4.69, 9.17) is 16.3 Å². The highest BCUT2D eigenvalue weighted by Gasteiger charge is 2.47. The molecule has 2 fully saturated rings. The Morgan fingerprint density at radius 2 is 1.97 bits per heavy atom. The summed E-state index contributed by atoms with van der Waals surface area (Å²) >= 11 is 6.12. The monoisotopic (exact) mass is 453 g/mol. The van der Waals surface area contributed by atoms with Crippen LogP contribution in [-0.4, -0.2) is 41.3 Å². The van der Waals surface area contributed by atoms with E-state index in [2.05, 4.69) is 10.6 Å². The molecule has 3 atom stereocenters. The van der Waals surface area contributed by atoms with E-state index in [-0.39, 0.29) is 30.4 Å². The molecule has 3 aliphatic rings. The summed E-state index contributed by atoms with van der Waals surface area (Å²) in [5.41, 5.74) is 1.56. The Balaban J connectivity index is 1.40. The van der Waals surface area contributed by atoms with Gasteiger partial charge in [0.1, 0.15) is 11.8 Å². The van der Waals surface area contributed by atoms with Gasteiger partial charge in [-0.15, -0.1) is 0 Å². The highest BCUT2D eigenvalue weighted by molar-refractivity contribution is 6.31. The summed E-state index contributed by atoms with van der Waals surface area (Å²) in [5, 5.41) is 6.18. The van der Waals surface area contributed by atoms with Gasteiger partial charge >= 0.3 is 0 Å². The van der Waals surface area contributed by atoms with Crippen LogP contribution in [0.2, 0.25) is 5.02 Å². The number of hydrogen-bond acceptors (Lipinski definition) is 4. The van der Waals surface area contributed by atoms with Crippen molar-refractivity contribution in [3.8, 4) is 5.75 Å². The number of amides is 3. The number of nitrogens with zero attached hydrogens (tertiary/aromatic N) is 1. The fourth-order valence-electron chi connectivity index (χ4n) is 5.14. The smallest absolute Gasteiger partial charge is 0.262 e. The SMILES string of the molecule is O=C1COc2ccc(NC(=O)C3CC4CCCCC4N3C(=O)c3cccc(Cl)c3)cc2N1. The maximum Gasteiger partial charge on any atom is 0.262 e. The van der Waals surface area contributed by atoms with E-state index in [0.717, 1.165) is 25.7 Å². The molecule has 1 aliphatic carbocycles. The second-order valence-corrected chi connectivity index (χ2v) is 9.06. The van der Waals surface area contributed by atoms with Crippen molar-refractivity contribution >= 4 is 40.7 Å². The van der Waals surface area contributed by atoms with Crippen LogP contribution in [0.5, 0.6) is 5.75 Å². The fraction of sp³-hybridized carbons (Fsp3) is 0.375. The largest absolute Gasteiger partial charge is 0.482 e. The minimum atomic E-state index is -0.559. The first-order chi connectivity index (χ1) is 15.5. The predicted octanol–water partition coefficient (Wildman–Crippen LogP) is 4.08. The molecule has 1 saturated carbocycles. The van der Waals surface area contributed by atoms with Crippen molar-refractivity contribution in [3.63, 3.8) is 0 Å². The van der Waals surface area contributed by atoms with E-state index < -0.39 is 6.04 Å². The summed E-state index contributed by atoms with van der Waals surface area (Å²) in [6, 6.07) is 11.5. The summed E-state index contributed by atoms with van der Waals surface area (Å²) in [5.74, 6) is 0.260. The van der Waals surface area contributed by atoms with Crippen molar-refractivity contribution in [2.45, 2.75) is 44.2 Å². The molecule has 5 rings (SSSR count). The molecule has 1 saturated heterocycles. The molecule has 2 N–H and O–H groups in total. The number of hydrogen-bond donors (Lipinski definition) is 2. The van der Waals surface area contributed by atoms with Gasteiger partial charge in [-0.2, -0.15) is 0 Å². The van der Waals surface area contributed by atoms with E-state index in [1.165, 1.54) is 0 Å². The summed E-state index contributed by atoms with van der Waals surface area (Å²) < 4.78 is 5.38. The van der Waals surface area contributed by atoms with E-state index in [1.54, 1.807) is 47.4 Å². The summed E-state index contributed by atoms with van der Waals surface area (Å²) in [4.78, 5) is 40.2. The molecule has 166 valence electrons. The standard InChI is InChI=1S/C24H24ClN3O4/c25-16-6-3-5-15(10-16)24(31)28-19-7-2-1-4-14(19)11-20(28)23(30)26-17-8-9-21-18(12-17)27-22(29)13-32-21/h3,5-6,8-10,12,14,19-20H,1-2,4,7,11,13H2,(H,26,30)(H,27,29). The number of benzene rings is 2. The molecule has 0 spiro atoms. The quantitative estimate of drug-likeness (QED) is 0.732. The highest BCUT2D eigenvalue weighted by atomic mass is 35.5. The number of carbonyl (C=O) groups excluding carboxylic acids is 3. The molecule has 0 radical (unpaired) electrons. The lowest BCUT2D eigenvalue weighted by atomic mass is 9.84. The van der Waals surface area contributed by atoms with Gasteiger partial charge in [-0.3, -0.25) is 14.4 Å². The van der Waals surface area contributed by atoms with Crippen LogP contribution < -0.4 is 15.4 Å². The number of halogens is 1. The second-order valence-electron chi connectivity index (χ2n) is 8.62. The number of carbonyl (C=O) groups is 3. The molecule has 7 nitrogen and oxygen atoms in total. The zero-order valence-electron chi connectivity index (χ0n) is 17.5. The summed E-state index contributed by atoms with van der Waals surface area (Å²) in [6.07, 6.45) is 4.76. The molecule has 8 heteroatoms.